The number of hydrogen-bond donors (Lipinski definition) is 0. The van der Waals surface area contributed by atoms with Crippen molar-refractivity contribution >= 4 is 23.0 Å². The number of carbonyl (C=O) groups is 1. The van der Waals surface area contributed by atoms with E-state index in [9.17, 15) is 13.6 Å². The maximum Gasteiger partial charge on any atom is 0.436 e. The minimum absolute atomic E-state index is 0.242. The minimum Gasteiger partial charge on any atom is -0.448 e. The van der Waals surface area contributed by atoms with E-state index in [4.69, 9.17) is 4.74 Å². The summed E-state index contributed by atoms with van der Waals surface area (Å²) in [7, 11) is 0. The van der Waals surface area contributed by atoms with E-state index < -0.39 is 17.7 Å². The molecule has 0 saturated carbocycles. The Labute approximate surface area is 132 Å². The van der Waals surface area contributed by atoms with Crippen molar-refractivity contribution in [1.82, 2.24) is 4.90 Å². The number of benzene rings is 1. The molecule has 2 rings (SSSR count). The van der Waals surface area contributed by atoms with E-state index in [1.54, 1.807) is 13.2 Å². The van der Waals surface area contributed by atoms with Crippen molar-refractivity contribution in [3.05, 3.63) is 35.4 Å². The van der Waals surface area contributed by atoms with Gasteiger partial charge in [-0.05, 0) is 44.2 Å². The fourth-order valence-electron chi connectivity index (χ4n) is 2.55. The fraction of sp³-hybridized carbons (Fsp3) is 0.467. The van der Waals surface area contributed by atoms with Crippen LogP contribution >= 0.6 is 11.8 Å². The molecule has 1 aliphatic rings. The Morgan fingerprint density at radius 2 is 2.27 bits per heavy atom. The molecule has 0 radical (unpaired) electrons. The molecule has 0 unspecified atom stereocenters. The average Bonchev–Trinajstić information content (AvgIpc) is 2.96. The highest BCUT2D eigenvalue weighted by molar-refractivity contribution is 8.13. The summed E-state index contributed by atoms with van der Waals surface area (Å²) in [5.41, 5.74) is 0.295. The molecule has 1 amide bonds. The third-order valence-corrected chi connectivity index (χ3v) is 4.14. The Hall–Kier alpha value is -1.63. The molecule has 0 spiro atoms. The lowest BCUT2D eigenvalue weighted by Crippen LogP contribution is -2.29. The summed E-state index contributed by atoms with van der Waals surface area (Å²) in [6.07, 6.45) is 2.62. The third-order valence-electron chi connectivity index (χ3n) is 3.45. The molecule has 7 heteroatoms. The van der Waals surface area contributed by atoms with Crippen LogP contribution in [0.5, 0.6) is 0 Å². The molecule has 1 fully saturated rings. The van der Waals surface area contributed by atoms with Crippen LogP contribution in [-0.2, 0) is 4.74 Å². The van der Waals surface area contributed by atoms with Crippen LogP contribution in [-0.4, -0.2) is 35.6 Å². The van der Waals surface area contributed by atoms with E-state index in [0.29, 0.717) is 23.7 Å². The summed E-state index contributed by atoms with van der Waals surface area (Å²) < 4.78 is 32.3. The molecule has 0 aliphatic carbocycles. The number of ether oxygens (including phenoxy) is 1. The number of hydrogen-bond acceptors (Lipinski definition) is 3. The first-order valence-electron chi connectivity index (χ1n) is 7.07. The van der Waals surface area contributed by atoms with E-state index in [2.05, 4.69) is 4.99 Å². The van der Waals surface area contributed by atoms with Crippen LogP contribution in [0.2, 0.25) is 0 Å². The van der Waals surface area contributed by atoms with Gasteiger partial charge in [0.05, 0.1) is 12.6 Å². The van der Waals surface area contributed by atoms with Crippen LogP contribution < -0.4 is 0 Å². The largest absolute Gasteiger partial charge is 0.448 e. The predicted octanol–water partition coefficient (Wildman–Crippen LogP) is 3.98. The van der Waals surface area contributed by atoms with Gasteiger partial charge < -0.3 is 9.64 Å². The molecule has 120 valence electrons. The molecule has 4 nitrogen and oxygen atoms in total. The summed E-state index contributed by atoms with van der Waals surface area (Å²) in [6, 6.07) is 3.11. The van der Waals surface area contributed by atoms with Crippen LogP contribution in [0, 0.1) is 11.6 Å². The van der Waals surface area contributed by atoms with E-state index in [1.807, 2.05) is 4.90 Å². The first-order chi connectivity index (χ1) is 10.6. The zero-order valence-electron chi connectivity index (χ0n) is 12.5. The molecule has 1 saturated heterocycles. The van der Waals surface area contributed by atoms with Crippen molar-refractivity contribution in [2.45, 2.75) is 25.8 Å². The zero-order valence-corrected chi connectivity index (χ0v) is 13.3. The molecular weight excluding hydrogens is 310 g/mol. The van der Waals surface area contributed by atoms with Crippen LogP contribution in [0.3, 0.4) is 0 Å². The van der Waals surface area contributed by atoms with Crippen molar-refractivity contribution in [1.29, 1.82) is 0 Å². The summed E-state index contributed by atoms with van der Waals surface area (Å²) in [5, 5.41) is 0.463. The van der Waals surface area contributed by atoms with Gasteiger partial charge in [-0.1, -0.05) is 11.8 Å². The monoisotopic (exact) mass is 328 g/mol. The van der Waals surface area contributed by atoms with E-state index >= 15 is 0 Å². The molecule has 1 atom stereocenters. The lowest BCUT2D eigenvalue weighted by atomic mass is 10.0. The minimum atomic E-state index is -0.669. The Morgan fingerprint density at radius 1 is 1.50 bits per heavy atom. The van der Waals surface area contributed by atoms with Crippen LogP contribution in [0.4, 0.5) is 13.6 Å². The summed E-state index contributed by atoms with van der Waals surface area (Å²) in [4.78, 5) is 17.3. The van der Waals surface area contributed by atoms with Gasteiger partial charge in [0.25, 0.3) is 0 Å². The van der Waals surface area contributed by atoms with Crippen LogP contribution in [0.15, 0.2) is 23.2 Å². The first-order valence-corrected chi connectivity index (χ1v) is 8.30. The molecule has 1 aliphatic heterocycles. The van der Waals surface area contributed by atoms with Crippen molar-refractivity contribution < 1.29 is 18.3 Å². The first kappa shape index (κ1) is 16.7. The highest BCUT2D eigenvalue weighted by Crippen LogP contribution is 2.35. The van der Waals surface area contributed by atoms with Crippen molar-refractivity contribution in [3.63, 3.8) is 0 Å². The van der Waals surface area contributed by atoms with Crippen molar-refractivity contribution in [2.24, 2.45) is 4.99 Å². The molecular formula is C15H18F2N2O2S. The maximum atomic E-state index is 14.0. The topological polar surface area (TPSA) is 41.9 Å². The number of likely N-dealkylation sites (tertiary alicyclic amines) is 1. The molecule has 0 aromatic heterocycles. The summed E-state index contributed by atoms with van der Waals surface area (Å²) >= 11 is 1.29. The standard InChI is InChI=1S/C15H18F2N2O2S/c1-3-21-15(20)18-14(22-2)19-8-4-5-13(19)11-9-10(16)6-7-12(11)17/h6-7,9,13H,3-5,8H2,1-2H3/b18-14-/t13-/m1/s1. The number of carbonyl (C=O) groups excluding carboxylic acids is 1. The maximum absolute atomic E-state index is 14.0. The van der Waals surface area contributed by atoms with Crippen LogP contribution in [0.1, 0.15) is 31.4 Å². The molecule has 1 aromatic carbocycles. The van der Waals surface area contributed by atoms with Gasteiger partial charge in [0, 0.05) is 12.1 Å². The Kier molecular flexibility index (Phi) is 5.76. The second-order valence-electron chi connectivity index (χ2n) is 4.81. The second kappa shape index (κ2) is 7.58. The smallest absolute Gasteiger partial charge is 0.436 e. The van der Waals surface area contributed by atoms with Gasteiger partial charge in [-0.25, -0.2) is 13.6 Å². The molecule has 0 bridgehead atoms. The number of amidine groups is 1. The third kappa shape index (κ3) is 3.76. The second-order valence-corrected chi connectivity index (χ2v) is 5.59. The Balaban J connectivity index is 2.29. The van der Waals surface area contributed by atoms with Crippen LogP contribution in [0.25, 0.3) is 0 Å². The highest BCUT2D eigenvalue weighted by atomic mass is 32.2. The zero-order chi connectivity index (χ0) is 16.1. The number of aliphatic imine (C=N–C) groups is 1. The van der Waals surface area contributed by atoms with Gasteiger partial charge in [0.1, 0.15) is 11.6 Å². The van der Waals surface area contributed by atoms with E-state index in [0.717, 1.165) is 18.6 Å². The highest BCUT2D eigenvalue weighted by Gasteiger charge is 2.31. The van der Waals surface area contributed by atoms with E-state index in [-0.39, 0.29) is 12.6 Å². The van der Waals surface area contributed by atoms with Crippen molar-refractivity contribution in [2.75, 3.05) is 19.4 Å². The Morgan fingerprint density at radius 3 is 2.95 bits per heavy atom. The number of amides is 1. The van der Waals surface area contributed by atoms with Gasteiger partial charge in [-0.3, -0.25) is 0 Å². The number of thioether (sulfide) groups is 1. The average molecular weight is 328 g/mol. The number of rotatable bonds is 2. The molecule has 1 heterocycles. The normalized spacial score (nSPS) is 18.6. The van der Waals surface area contributed by atoms with E-state index in [1.165, 1.54) is 17.8 Å². The molecule has 0 N–H and O–H groups in total. The Bertz CT molecular complexity index is 581. The summed E-state index contributed by atoms with van der Waals surface area (Å²) in [5.74, 6) is -0.925. The predicted molar refractivity (Wildman–Crippen MR) is 83.0 cm³/mol. The molecule has 1 aromatic rings. The van der Waals surface area contributed by atoms with Gasteiger partial charge >= 0.3 is 6.09 Å². The van der Waals surface area contributed by atoms with Crippen molar-refractivity contribution in [3.8, 4) is 0 Å². The van der Waals surface area contributed by atoms with Gasteiger partial charge in [-0.15, -0.1) is 0 Å². The quantitative estimate of drug-likeness (QED) is 0.608. The summed E-state index contributed by atoms with van der Waals surface area (Å²) in [6.45, 7) is 2.58. The SMILES string of the molecule is CCOC(=O)/N=C(\SC)N1CCC[C@@H]1c1cc(F)ccc1F. The van der Waals surface area contributed by atoms with Gasteiger partial charge in [-0.2, -0.15) is 4.99 Å². The molecule has 22 heavy (non-hydrogen) atoms. The number of nitrogens with zero attached hydrogens (tertiary/aromatic N) is 2. The fourth-order valence-corrected chi connectivity index (χ4v) is 3.17. The van der Waals surface area contributed by atoms with Gasteiger partial charge in [0.2, 0.25) is 0 Å². The van der Waals surface area contributed by atoms with Gasteiger partial charge in [0.15, 0.2) is 5.17 Å². The number of halogens is 2. The lowest BCUT2D eigenvalue weighted by Gasteiger charge is -2.27. The lowest BCUT2D eigenvalue weighted by molar-refractivity contribution is 0.163.